The van der Waals surface area contributed by atoms with Crippen molar-refractivity contribution in [1.29, 1.82) is 0 Å². The van der Waals surface area contributed by atoms with Gasteiger partial charge in [-0.3, -0.25) is 4.79 Å². The van der Waals surface area contributed by atoms with Crippen LogP contribution in [0.1, 0.15) is 21.5 Å². The maximum absolute atomic E-state index is 13.0. The topological polar surface area (TPSA) is 103 Å². The number of nitrogens with one attached hydrogen (secondary N) is 2. The highest BCUT2D eigenvalue weighted by molar-refractivity contribution is 7.89. The van der Waals surface area contributed by atoms with E-state index in [0.29, 0.717) is 17.1 Å². The Hall–Kier alpha value is -3.56. The van der Waals surface area contributed by atoms with Gasteiger partial charge in [-0.1, -0.05) is 36.4 Å². The summed E-state index contributed by atoms with van der Waals surface area (Å²) in [6.07, 6.45) is 0. The van der Waals surface area contributed by atoms with Gasteiger partial charge in [0, 0.05) is 12.1 Å². The molecule has 0 aliphatic carbocycles. The lowest BCUT2D eigenvalue weighted by Gasteiger charge is -2.15. The van der Waals surface area contributed by atoms with Crippen LogP contribution in [-0.4, -0.2) is 35.7 Å². The van der Waals surface area contributed by atoms with Crippen LogP contribution >= 0.6 is 0 Å². The van der Waals surface area contributed by atoms with Gasteiger partial charge >= 0.3 is 0 Å². The summed E-state index contributed by atoms with van der Waals surface area (Å²) >= 11 is 0. The first-order valence-corrected chi connectivity index (χ1v) is 11.6. The fraction of sp³-hybridized carbons (Fsp3) is 0.208. The van der Waals surface area contributed by atoms with Crippen molar-refractivity contribution in [3.05, 3.63) is 83.4 Å². The van der Waals surface area contributed by atoms with Crippen LogP contribution in [-0.2, 0) is 23.1 Å². The average molecular weight is 471 g/mol. The Labute approximate surface area is 193 Å². The Balaban J connectivity index is 1.81. The van der Waals surface area contributed by atoms with Gasteiger partial charge in [0.2, 0.25) is 10.0 Å². The number of amides is 1. The normalized spacial score (nSPS) is 11.0. The van der Waals surface area contributed by atoms with Crippen molar-refractivity contribution >= 4 is 15.9 Å². The average Bonchev–Trinajstić information content (AvgIpc) is 2.86. The van der Waals surface area contributed by atoms with Crippen LogP contribution in [0.25, 0.3) is 0 Å². The second-order valence-corrected chi connectivity index (χ2v) is 8.73. The number of rotatable bonds is 10. The Bertz CT molecular complexity index is 1190. The molecule has 9 heteroatoms. The first kappa shape index (κ1) is 24.1. The van der Waals surface area contributed by atoms with Gasteiger partial charge in [0.25, 0.3) is 5.91 Å². The molecule has 0 saturated carbocycles. The van der Waals surface area contributed by atoms with Crippen molar-refractivity contribution < 1.29 is 27.4 Å². The zero-order valence-electron chi connectivity index (χ0n) is 18.6. The molecule has 0 bridgehead atoms. The van der Waals surface area contributed by atoms with Gasteiger partial charge in [-0.05, 0) is 35.9 Å². The van der Waals surface area contributed by atoms with Gasteiger partial charge in [-0.2, -0.15) is 0 Å². The molecule has 3 aromatic rings. The second kappa shape index (κ2) is 10.8. The van der Waals surface area contributed by atoms with E-state index in [0.717, 1.165) is 5.56 Å². The van der Waals surface area contributed by atoms with Crippen molar-refractivity contribution in [2.75, 3.05) is 21.3 Å². The van der Waals surface area contributed by atoms with E-state index in [2.05, 4.69) is 10.0 Å². The molecule has 174 valence electrons. The van der Waals surface area contributed by atoms with Gasteiger partial charge in [0.05, 0.1) is 33.4 Å². The highest BCUT2D eigenvalue weighted by Crippen LogP contribution is 2.28. The largest absolute Gasteiger partial charge is 0.496 e. The van der Waals surface area contributed by atoms with Crippen LogP contribution in [0.4, 0.5) is 0 Å². The molecule has 0 aliphatic heterocycles. The van der Waals surface area contributed by atoms with Crippen LogP contribution in [0.2, 0.25) is 0 Å². The summed E-state index contributed by atoms with van der Waals surface area (Å²) in [4.78, 5) is 12.7. The molecule has 0 aromatic heterocycles. The first-order chi connectivity index (χ1) is 15.9. The lowest BCUT2D eigenvalue weighted by atomic mass is 10.1. The summed E-state index contributed by atoms with van der Waals surface area (Å²) in [6, 6.07) is 18.7. The molecule has 0 radical (unpaired) electrons. The molecule has 0 spiro atoms. The Kier molecular flexibility index (Phi) is 7.92. The minimum atomic E-state index is -3.94. The number of ether oxygens (including phenoxy) is 3. The van der Waals surface area contributed by atoms with Crippen LogP contribution in [0.15, 0.2) is 71.6 Å². The second-order valence-electron chi connectivity index (χ2n) is 7.00. The third kappa shape index (κ3) is 5.82. The van der Waals surface area contributed by atoms with Crippen molar-refractivity contribution in [3.63, 3.8) is 0 Å². The SMILES string of the molecule is COc1ccc(C(=O)NCc2c(OC)cccc2OC)cc1S(=O)(=O)NCc1ccccc1. The Morgan fingerprint density at radius 1 is 0.788 bits per heavy atom. The fourth-order valence-electron chi connectivity index (χ4n) is 3.25. The lowest BCUT2D eigenvalue weighted by Crippen LogP contribution is -2.26. The number of benzene rings is 3. The lowest BCUT2D eigenvalue weighted by molar-refractivity contribution is 0.0950. The molecule has 3 rings (SSSR count). The Morgan fingerprint density at radius 2 is 1.42 bits per heavy atom. The predicted molar refractivity (Wildman–Crippen MR) is 124 cm³/mol. The molecule has 3 aromatic carbocycles. The van der Waals surface area contributed by atoms with Gasteiger partial charge in [0.1, 0.15) is 22.1 Å². The van der Waals surface area contributed by atoms with Crippen LogP contribution < -0.4 is 24.2 Å². The van der Waals surface area contributed by atoms with Crippen LogP contribution in [0, 0.1) is 0 Å². The summed E-state index contributed by atoms with van der Waals surface area (Å²) < 4.78 is 44.4. The third-order valence-corrected chi connectivity index (χ3v) is 6.40. The molecule has 0 saturated heterocycles. The van der Waals surface area contributed by atoms with Crippen molar-refractivity contribution in [1.82, 2.24) is 10.0 Å². The van der Waals surface area contributed by atoms with Gasteiger partial charge in [0.15, 0.2) is 0 Å². The summed E-state index contributed by atoms with van der Waals surface area (Å²) in [6.45, 7) is 0.239. The molecular weight excluding hydrogens is 444 g/mol. The van der Waals surface area contributed by atoms with E-state index in [1.54, 1.807) is 18.2 Å². The molecule has 0 unspecified atom stereocenters. The minimum absolute atomic E-state index is 0.107. The van der Waals surface area contributed by atoms with Crippen LogP contribution in [0.3, 0.4) is 0 Å². The van der Waals surface area contributed by atoms with Gasteiger partial charge in [-0.25, -0.2) is 13.1 Å². The highest BCUT2D eigenvalue weighted by Gasteiger charge is 2.22. The number of carbonyl (C=O) groups excluding carboxylic acids is 1. The zero-order valence-corrected chi connectivity index (χ0v) is 19.4. The molecule has 0 aliphatic rings. The van der Waals surface area contributed by atoms with E-state index in [-0.39, 0.29) is 29.3 Å². The fourth-order valence-corrected chi connectivity index (χ4v) is 4.46. The molecule has 2 N–H and O–H groups in total. The van der Waals surface area contributed by atoms with Crippen LogP contribution in [0.5, 0.6) is 17.2 Å². The van der Waals surface area contributed by atoms with Crippen molar-refractivity contribution in [3.8, 4) is 17.2 Å². The monoisotopic (exact) mass is 470 g/mol. The smallest absolute Gasteiger partial charge is 0.251 e. The number of methoxy groups -OCH3 is 3. The number of sulfonamides is 1. The highest BCUT2D eigenvalue weighted by atomic mass is 32.2. The maximum Gasteiger partial charge on any atom is 0.251 e. The molecular formula is C24H26N2O6S. The maximum atomic E-state index is 13.0. The number of hydrogen-bond acceptors (Lipinski definition) is 6. The zero-order chi connectivity index (χ0) is 23.8. The molecule has 33 heavy (non-hydrogen) atoms. The minimum Gasteiger partial charge on any atom is -0.496 e. The van der Waals surface area contributed by atoms with E-state index in [4.69, 9.17) is 14.2 Å². The summed E-state index contributed by atoms with van der Waals surface area (Å²) in [5.41, 5.74) is 1.64. The van der Waals surface area contributed by atoms with Gasteiger partial charge < -0.3 is 19.5 Å². The summed E-state index contributed by atoms with van der Waals surface area (Å²) in [7, 11) is 0.495. The van der Waals surface area contributed by atoms with E-state index >= 15 is 0 Å². The van der Waals surface area contributed by atoms with Gasteiger partial charge in [-0.15, -0.1) is 0 Å². The molecule has 0 fully saturated rings. The standard InChI is InChI=1S/C24H26N2O6S/c1-30-20-10-7-11-21(31-2)19(20)16-25-24(27)18-12-13-22(32-3)23(14-18)33(28,29)26-15-17-8-5-4-6-9-17/h4-14,26H,15-16H2,1-3H3,(H,25,27). The van der Waals surface area contributed by atoms with E-state index in [9.17, 15) is 13.2 Å². The molecule has 1 amide bonds. The molecule has 0 atom stereocenters. The molecule has 8 nitrogen and oxygen atoms in total. The third-order valence-electron chi connectivity index (χ3n) is 4.98. The number of carbonyl (C=O) groups is 1. The van der Waals surface area contributed by atoms with Crippen molar-refractivity contribution in [2.45, 2.75) is 18.0 Å². The summed E-state index contributed by atoms with van der Waals surface area (Å²) in [5, 5.41) is 2.78. The van der Waals surface area contributed by atoms with E-state index in [1.165, 1.54) is 39.5 Å². The van der Waals surface area contributed by atoms with E-state index < -0.39 is 15.9 Å². The Morgan fingerprint density at radius 3 is 2.03 bits per heavy atom. The first-order valence-electron chi connectivity index (χ1n) is 10.1. The summed E-state index contributed by atoms with van der Waals surface area (Å²) in [5.74, 6) is 0.819. The quantitative estimate of drug-likeness (QED) is 0.472. The predicted octanol–water partition coefficient (Wildman–Crippen LogP) is 3.12. The van der Waals surface area contributed by atoms with Crippen molar-refractivity contribution in [2.24, 2.45) is 0 Å². The number of hydrogen-bond donors (Lipinski definition) is 2. The molecule has 0 heterocycles. The van der Waals surface area contributed by atoms with E-state index in [1.807, 2.05) is 30.3 Å².